The van der Waals surface area contributed by atoms with Crippen LogP contribution < -0.4 is 0 Å². The van der Waals surface area contributed by atoms with Crippen molar-refractivity contribution in [1.82, 2.24) is 0 Å². The standard InChI is InChI=1S/C9H14O2/c1-6(10)11-9-3-2-7-4-8(9)5-7/h7-9H,2-5H2,1H3. The SMILES string of the molecule is CC(=O)OC1CCC2CC1C2. The molecule has 0 radical (unpaired) electrons. The van der Waals surface area contributed by atoms with Crippen LogP contribution in [-0.4, -0.2) is 12.1 Å². The highest BCUT2D eigenvalue weighted by Crippen LogP contribution is 2.46. The fourth-order valence-corrected chi connectivity index (χ4v) is 2.33. The van der Waals surface area contributed by atoms with Gasteiger partial charge in [0, 0.05) is 6.92 Å². The largest absolute Gasteiger partial charge is 0.462 e. The zero-order valence-electron chi connectivity index (χ0n) is 6.88. The molecule has 0 heterocycles. The summed E-state index contributed by atoms with van der Waals surface area (Å²) in [5, 5.41) is 0. The third kappa shape index (κ3) is 1.26. The summed E-state index contributed by atoms with van der Waals surface area (Å²) in [6, 6.07) is 0. The lowest BCUT2D eigenvalue weighted by Gasteiger charge is -2.45. The zero-order valence-corrected chi connectivity index (χ0v) is 6.88. The Morgan fingerprint density at radius 1 is 1.36 bits per heavy atom. The van der Waals surface area contributed by atoms with Crippen molar-refractivity contribution in [3.63, 3.8) is 0 Å². The first kappa shape index (κ1) is 7.14. The van der Waals surface area contributed by atoms with E-state index < -0.39 is 0 Å². The normalized spacial score (nSPS) is 41.0. The van der Waals surface area contributed by atoms with Gasteiger partial charge in [0.25, 0.3) is 0 Å². The van der Waals surface area contributed by atoms with E-state index in [1.807, 2.05) is 0 Å². The molecule has 0 saturated heterocycles. The number of fused-ring (bicyclic) bond motifs is 2. The van der Waals surface area contributed by atoms with Gasteiger partial charge in [-0.15, -0.1) is 0 Å². The Morgan fingerprint density at radius 2 is 2.09 bits per heavy atom. The molecule has 0 aromatic rings. The lowest BCUT2D eigenvalue weighted by Crippen LogP contribution is -2.41. The molecule has 0 aromatic carbocycles. The summed E-state index contributed by atoms with van der Waals surface area (Å²) in [5.41, 5.74) is 0. The summed E-state index contributed by atoms with van der Waals surface area (Å²) in [7, 11) is 0. The molecule has 3 rings (SSSR count). The van der Waals surface area contributed by atoms with E-state index in [9.17, 15) is 4.79 Å². The molecule has 11 heavy (non-hydrogen) atoms. The molecule has 3 aliphatic carbocycles. The Labute approximate surface area is 66.9 Å². The topological polar surface area (TPSA) is 26.3 Å². The Morgan fingerprint density at radius 3 is 2.55 bits per heavy atom. The van der Waals surface area contributed by atoms with Gasteiger partial charge in [0.2, 0.25) is 0 Å². The predicted octanol–water partition coefficient (Wildman–Crippen LogP) is 1.74. The molecule has 0 amide bonds. The van der Waals surface area contributed by atoms with Crippen molar-refractivity contribution < 1.29 is 9.53 Å². The van der Waals surface area contributed by atoms with Gasteiger partial charge in [0.15, 0.2) is 0 Å². The quantitative estimate of drug-likeness (QED) is 0.538. The second-order valence-electron chi connectivity index (χ2n) is 3.82. The summed E-state index contributed by atoms with van der Waals surface area (Å²) in [6.45, 7) is 1.50. The van der Waals surface area contributed by atoms with Crippen molar-refractivity contribution in [1.29, 1.82) is 0 Å². The number of carbonyl (C=O) groups is 1. The molecule has 62 valence electrons. The van der Waals surface area contributed by atoms with Gasteiger partial charge in [0.05, 0.1) is 0 Å². The molecule has 1 unspecified atom stereocenters. The summed E-state index contributed by atoms with van der Waals surface area (Å²) in [6.07, 6.45) is 5.25. The Bertz CT molecular complexity index is 168. The lowest BCUT2D eigenvalue weighted by atomic mass is 9.64. The van der Waals surface area contributed by atoms with Crippen molar-refractivity contribution in [2.75, 3.05) is 0 Å². The minimum absolute atomic E-state index is 0.111. The van der Waals surface area contributed by atoms with Crippen molar-refractivity contribution in [3.8, 4) is 0 Å². The number of hydrogen-bond acceptors (Lipinski definition) is 2. The van der Waals surface area contributed by atoms with Crippen LogP contribution in [-0.2, 0) is 9.53 Å². The molecule has 3 aliphatic rings. The smallest absolute Gasteiger partial charge is 0.302 e. The lowest BCUT2D eigenvalue weighted by molar-refractivity contribution is -0.157. The minimum atomic E-state index is -0.111. The molecule has 3 saturated carbocycles. The highest BCUT2D eigenvalue weighted by atomic mass is 16.5. The number of rotatable bonds is 1. The summed E-state index contributed by atoms with van der Waals surface area (Å²) < 4.78 is 5.20. The van der Waals surface area contributed by atoms with Gasteiger partial charge in [0.1, 0.15) is 6.10 Å². The number of hydrogen-bond donors (Lipinski definition) is 0. The van der Waals surface area contributed by atoms with E-state index in [0.717, 1.165) is 12.3 Å². The molecule has 2 heteroatoms. The molecular weight excluding hydrogens is 140 g/mol. The molecular formula is C9H14O2. The molecule has 2 nitrogen and oxygen atoms in total. The monoisotopic (exact) mass is 154 g/mol. The maximum Gasteiger partial charge on any atom is 0.302 e. The second kappa shape index (κ2) is 2.50. The average molecular weight is 154 g/mol. The van der Waals surface area contributed by atoms with Gasteiger partial charge < -0.3 is 4.74 Å². The van der Waals surface area contributed by atoms with Crippen LogP contribution in [0, 0.1) is 11.8 Å². The van der Waals surface area contributed by atoms with Crippen LogP contribution in [0.25, 0.3) is 0 Å². The van der Waals surface area contributed by atoms with E-state index in [0.29, 0.717) is 5.92 Å². The zero-order chi connectivity index (χ0) is 7.84. The first-order chi connectivity index (χ1) is 5.25. The minimum Gasteiger partial charge on any atom is -0.462 e. The van der Waals surface area contributed by atoms with Gasteiger partial charge in [-0.05, 0) is 37.5 Å². The van der Waals surface area contributed by atoms with Crippen molar-refractivity contribution >= 4 is 5.97 Å². The summed E-state index contributed by atoms with van der Waals surface area (Å²) >= 11 is 0. The van der Waals surface area contributed by atoms with Gasteiger partial charge in [-0.25, -0.2) is 0 Å². The van der Waals surface area contributed by atoms with Crippen LogP contribution in [0.1, 0.15) is 32.6 Å². The predicted molar refractivity (Wildman–Crippen MR) is 41.0 cm³/mol. The third-order valence-corrected chi connectivity index (χ3v) is 2.97. The molecule has 0 aromatic heterocycles. The fourth-order valence-electron chi connectivity index (χ4n) is 2.33. The van der Waals surface area contributed by atoms with Gasteiger partial charge >= 0.3 is 5.97 Å². The molecule has 2 bridgehead atoms. The van der Waals surface area contributed by atoms with E-state index in [1.54, 1.807) is 0 Å². The van der Waals surface area contributed by atoms with Crippen LogP contribution in [0.2, 0.25) is 0 Å². The molecule has 3 fully saturated rings. The van der Waals surface area contributed by atoms with Crippen LogP contribution in [0.5, 0.6) is 0 Å². The van der Waals surface area contributed by atoms with E-state index in [4.69, 9.17) is 4.74 Å². The number of carbonyl (C=O) groups excluding carboxylic acids is 1. The average Bonchev–Trinajstić information content (AvgIpc) is 1.83. The van der Waals surface area contributed by atoms with Crippen LogP contribution in [0.4, 0.5) is 0 Å². The molecule has 0 aliphatic heterocycles. The molecule has 0 N–H and O–H groups in total. The van der Waals surface area contributed by atoms with Gasteiger partial charge in [-0.3, -0.25) is 4.79 Å². The van der Waals surface area contributed by atoms with Gasteiger partial charge in [-0.2, -0.15) is 0 Å². The Balaban J connectivity index is 1.88. The van der Waals surface area contributed by atoms with Crippen molar-refractivity contribution in [2.24, 2.45) is 11.8 Å². The first-order valence-corrected chi connectivity index (χ1v) is 4.43. The number of esters is 1. The first-order valence-electron chi connectivity index (χ1n) is 4.43. The summed E-state index contributed by atoms with van der Waals surface area (Å²) in [4.78, 5) is 10.7. The maximum atomic E-state index is 10.7. The summed E-state index contributed by atoms with van der Waals surface area (Å²) in [5.74, 6) is 1.56. The Hall–Kier alpha value is -0.530. The van der Waals surface area contributed by atoms with E-state index in [-0.39, 0.29) is 12.1 Å². The third-order valence-electron chi connectivity index (χ3n) is 2.97. The Kier molecular flexibility index (Phi) is 1.63. The fraction of sp³-hybridized carbons (Fsp3) is 0.889. The van der Waals surface area contributed by atoms with Crippen molar-refractivity contribution in [2.45, 2.75) is 38.7 Å². The molecule has 1 atom stereocenters. The van der Waals surface area contributed by atoms with Gasteiger partial charge in [-0.1, -0.05) is 0 Å². The van der Waals surface area contributed by atoms with E-state index >= 15 is 0 Å². The van der Waals surface area contributed by atoms with Crippen molar-refractivity contribution in [3.05, 3.63) is 0 Å². The second-order valence-corrected chi connectivity index (χ2v) is 3.82. The highest BCUT2D eigenvalue weighted by Gasteiger charge is 2.41. The maximum absolute atomic E-state index is 10.7. The molecule has 0 spiro atoms. The highest BCUT2D eigenvalue weighted by molar-refractivity contribution is 5.66. The van der Waals surface area contributed by atoms with E-state index in [2.05, 4.69) is 0 Å². The van der Waals surface area contributed by atoms with Crippen LogP contribution >= 0.6 is 0 Å². The van der Waals surface area contributed by atoms with Crippen LogP contribution in [0.3, 0.4) is 0 Å². The van der Waals surface area contributed by atoms with Crippen LogP contribution in [0.15, 0.2) is 0 Å². The number of ether oxygens (including phenoxy) is 1. The van der Waals surface area contributed by atoms with E-state index in [1.165, 1.54) is 26.2 Å².